The summed E-state index contributed by atoms with van der Waals surface area (Å²) in [7, 11) is 0. The van der Waals surface area contributed by atoms with Crippen LogP contribution in [0.4, 0.5) is 0 Å². The van der Waals surface area contributed by atoms with Crippen LogP contribution >= 0.6 is 35.0 Å². The summed E-state index contributed by atoms with van der Waals surface area (Å²) in [6.07, 6.45) is 0. The van der Waals surface area contributed by atoms with Crippen LogP contribution in [0.25, 0.3) is 11.1 Å². The van der Waals surface area contributed by atoms with E-state index in [-0.39, 0.29) is 5.75 Å². The largest absolute Gasteiger partial charge is 0.481 e. The number of rotatable bonds is 4. The van der Waals surface area contributed by atoms with Crippen molar-refractivity contribution >= 4 is 52.0 Å². The SMILES string of the molecule is O=C(O)CSCc1nc2cc(Cl)cc(Cl)c2o1. The number of benzene rings is 1. The van der Waals surface area contributed by atoms with Crippen LogP contribution < -0.4 is 0 Å². The van der Waals surface area contributed by atoms with Gasteiger partial charge in [0.25, 0.3) is 0 Å². The number of nitrogens with zero attached hydrogens (tertiary/aromatic N) is 1. The fourth-order valence-electron chi connectivity index (χ4n) is 1.29. The second-order valence-electron chi connectivity index (χ2n) is 3.23. The van der Waals surface area contributed by atoms with Crippen LogP contribution in [-0.4, -0.2) is 21.8 Å². The molecule has 0 atom stereocenters. The van der Waals surface area contributed by atoms with Gasteiger partial charge in [-0.25, -0.2) is 4.98 Å². The molecule has 0 amide bonds. The zero-order chi connectivity index (χ0) is 12.4. The lowest BCUT2D eigenvalue weighted by Gasteiger charge is -1.92. The van der Waals surface area contributed by atoms with Crippen LogP contribution in [0.1, 0.15) is 5.89 Å². The van der Waals surface area contributed by atoms with E-state index < -0.39 is 5.97 Å². The van der Waals surface area contributed by atoms with Crippen LogP contribution in [0.5, 0.6) is 0 Å². The van der Waals surface area contributed by atoms with Gasteiger partial charge in [0.2, 0.25) is 5.89 Å². The number of aromatic nitrogens is 1. The molecule has 0 unspecified atom stereocenters. The fraction of sp³-hybridized carbons (Fsp3) is 0.200. The smallest absolute Gasteiger partial charge is 0.313 e. The number of thioether (sulfide) groups is 1. The Labute approximate surface area is 111 Å². The second kappa shape index (κ2) is 5.16. The number of fused-ring (bicyclic) bond motifs is 1. The highest BCUT2D eigenvalue weighted by Gasteiger charge is 2.11. The number of carboxylic acid groups (broad SMARTS) is 1. The standard InChI is InChI=1S/C10H7Cl2NO3S/c11-5-1-6(12)10-7(2-5)13-8(16-10)3-17-4-9(14)15/h1-2H,3-4H2,(H,14,15). The Morgan fingerprint density at radius 2 is 2.24 bits per heavy atom. The molecule has 0 saturated carbocycles. The molecule has 1 N–H and O–H groups in total. The van der Waals surface area contributed by atoms with E-state index >= 15 is 0 Å². The van der Waals surface area contributed by atoms with Crippen LogP contribution in [0.2, 0.25) is 10.0 Å². The van der Waals surface area contributed by atoms with E-state index in [2.05, 4.69) is 4.98 Å². The minimum atomic E-state index is -0.868. The van der Waals surface area contributed by atoms with Gasteiger partial charge in [0.05, 0.1) is 16.5 Å². The quantitative estimate of drug-likeness (QED) is 0.935. The minimum absolute atomic E-state index is 0.00716. The normalized spacial score (nSPS) is 10.9. The number of carbonyl (C=O) groups is 1. The summed E-state index contributed by atoms with van der Waals surface area (Å²) in [5, 5.41) is 9.39. The van der Waals surface area contributed by atoms with Crippen molar-refractivity contribution in [2.24, 2.45) is 0 Å². The lowest BCUT2D eigenvalue weighted by atomic mass is 10.3. The predicted molar refractivity (Wildman–Crippen MR) is 67.8 cm³/mol. The molecule has 0 saturated heterocycles. The first-order valence-corrected chi connectivity index (χ1v) is 6.51. The molecule has 1 aromatic heterocycles. The van der Waals surface area contributed by atoms with Gasteiger partial charge in [0, 0.05) is 5.02 Å². The molecule has 7 heteroatoms. The highest BCUT2D eigenvalue weighted by molar-refractivity contribution is 7.99. The Bertz CT molecular complexity index is 570. The number of oxazole rings is 1. The zero-order valence-corrected chi connectivity index (χ0v) is 10.8. The Kier molecular flexibility index (Phi) is 3.81. The summed E-state index contributed by atoms with van der Waals surface area (Å²) in [5.74, 6) is -0.0371. The first-order valence-electron chi connectivity index (χ1n) is 4.60. The Morgan fingerprint density at radius 3 is 2.94 bits per heavy atom. The van der Waals surface area contributed by atoms with Crippen molar-refractivity contribution in [3.8, 4) is 0 Å². The zero-order valence-electron chi connectivity index (χ0n) is 8.44. The van der Waals surface area contributed by atoms with Crippen LogP contribution in [0.15, 0.2) is 16.5 Å². The molecule has 2 rings (SSSR count). The van der Waals surface area contributed by atoms with Crippen molar-refractivity contribution in [2.75, 3.05) is 5.75 Å². The van der Waals surface area contributed by atoms with E-state index in [0.29, 0.717) is 32.8 Å². The van der Waals surface area contributed by atoms with Crippen molar-refractivity contribution in [2.45, 2.75) is 5.75 Å². The average molecular weight is 292 g/mol. The Hall–Kier alpha value is -0.910. The van der Waals surface area contributed by atoms with Gasteiger partial charge in [-0.1, -0.05) is 23.2 Å². The first-order chi connectivity index (χ1) is 8.06. The number of aliphatic carboxylic acids is 1. The Morgan fingerprint density at radius 1 is 1.47 bits per heavy atom. The van der Waals surface area contributed by atoms with Gasteiger partial charge in [-0.15, -0.1) is 11.8 Å². The highest BCUT2D eigenvalue weighted by atomic mass is 35.5. The van der Waals surface area contributed by atoms with E-state index in [0.717, 1.165) is 0 Å². The van der Waals surface area contributed by atoms with Crippen molar-refractivity contribution in [3.05, 3.63) is 28.1 Å². The van der Waals surface area contributed by atoms with Crippen molar-refractivity contribution in [1.82, 2.24) is 4.98 Å². The molecule has 4 nitrogen and oxygen atoms in total. The van der Waals surface area contributed by atoms with Gasteiger partial charge in [-0.3, -0.25) is 4.79 Å². The van der Waals surface area contributed by atoms with Gasteiger partial charge in [-0.2, -0.15) is 0 Å². The highest BCUT2D eigenvalue weighted by Crippen LogP contribution is 2.29. The topological polar surface area (TPSA) is 63.3 Å². The molecule has 0 spiro atoms. The van der Waals surface area contributed by atoms with E-state index in [9.17, 15) is 4.79 Å². The minimum Gasteiger partial charge on any atom is -0.481 e. The van der Waals surface area contributed by atoms with Gasteiger partial charge >= 0.3 is 5.97 Å². The summed E-state index contributed by atoms with van der Waals surface area (Å²) in [6, 6.07) is 3.22. The molecular formula is C10H7Cl2NO3S. The van der Waals surface area contributed by atoms with Gasteiger partial charge in [0.1, 0.15) is 5.52 Å². The summed E-state index contributed by atoms with van der Waals surface area (Å²) in [5.41, 5.74) is 1.05. The Balaban J connectivity index is 2.20. The average Bonchev–Trinajstić information content (AvgIpc) is 2.60. The van der Waals surface area contributed by atoms with Crippen molar-refractivity contribution < 1.29 is 14.3 Å². The molecule has 0 bridgehead atoms. The maximum absolute atomic E-state index is 10.4. The van der Waals surface area contributed by atoms with Gasteiger partial charge in [0.15, 0.2) is 5.58 Å². The van der Waals surface area contributed by atoms with E-state index in [4.69, 9.17) is 32.7 Å². The third-order valence-electron chi connectivity index (χ3n) is 1.90. The van der Waals surface area contributed by atoms with Gasteiger partial charge in [-0.05, 0) is 12.1 Å². The van der Waals surface area contributed by atoms with Crippen LogP contribution in [-0.2, 0) is 10.5 Å². The molecule has 0 aliphatic carbocycles. The molecule has 2 aromatic rings. The van der Waals surface area contributed by atoms with E-state index in [1.807, 2.05) is 0 Å². The maximum atomic E-state index is 10.4. The van der Waals surface area contributed by atoms with Crippen LogP contribution in [0.3, 0.4) is 0 Å². The van der Waals surface area contributed by atoms with Gasteiger partial charge < -0.3 is 9.52 Å². The second-order valence-corrected chi connectivity index (χ2v) is 5.06. The number of carboxylic acids is 1. The predicted octanol–water partition coefficient (Wildman–Crippen LogP) is 3.45. The summed E-state index contributed by atoms with van der Waals surface area (Å²) in [6.45, 7) is 0. The molecule has 0 fully saturated rings. The molecule has 0 aliphatic rings. The molecule has 1 aromatic carbocycles. The molecular weight excluding hydrogens is 285 g/mol. The van der Waals surface area contributed by atoms with E-state index in [1.165, 1.54) is 11.8 Å². The third kappa shape index (κ3) is 3.06. The monoisotopic (exact) mass is 291 g/mol. The lowest BCUT2D eigenvalue weighted by Crippen LogP contribution is -1.98. The van der Waals surface area contributed by atoms with E-state index in [1.54, 1.807) is 12.1 Å². The van der Waals surface area contributed by atoms with Crippen molar-refractivity contribution in [3.63, 3.8) is 0 Å². The number of halogens is 2. The number of hydrogen-bond acceptors (Lipinski definition) is 4. The molecule has 90 valence electrons. The third-order valence-corrected chi connectivity index (χ3v) is 3.31. The first kappa shape index (κ1) is 12.5. The summed E-state index contributed by atoms with van der Waals surface area (Å²) >= 11 is 13.0. The number of hydrogen-bond donors (Lipinski definition) is 1. The molecule has 0 radical (unpaired) electrons. The molecule has 17 heavy (non-hydrogen) atoms. The fourth-order valence-corrected chi connectivity index (χ4v) is 2.39. The van der Waals surface area contributed by atoms with Crippen molar-refractivity contribution in [1.29, 1.82) is 0 Å². The molecule has 1 heterocycles. The summed E-state index contributed by atoms with van der Waals surface area (Å²) < 4.78 is 5.42. The maximum Gasteiger partial charge on any atom is 0.313 e. The lowest BCUT2D eigenvalue weighted by molar-refractivity contribution is -0.133. The van der Waals surface area contributed by atoms with Crippen LogP contribution in [0, 0.1) is 0 Å². The molecule has 0 aliphatic heterocycles. The summed E-state index contributed by atoms with van der Waals surface area (Å²) in [4.78, 5) is 14.5.